The highest BCUT2D eigenvalue weighted by atomic mass is 14.7. The molecule has 2 N–H and O–H groups in total. The zero-order chi connectivity index (χ0) is 17.5. The molecule has 0 aromatic rings. The van der Waals surface area contributed by atoms with Gasteiger partial charge >= 0.3 is 0 Å². The predicted octanol–water partition coefficient (Wildman–Crippen LogP) is 7.54. The lowest BCUT2D eigenvalue weighted by Gasteiger charge is -2.26. The van der Waals surface area contributed by atoms with Crippen molar-refractivity contribution in [3.05, 3.63) is 12.7 Å². The van der Waals surface area contributed by atoms with Gasteiger partial charge in [0.2, 0.25) is 0 Å². The summed E-state index contributed by atoms with van der Waals surface area (Å²) in [7, 11) is 0. The molecule has 0 radical (unpaired) electrons. The number of hydrogen-bond acceptors (Lipinski definition) is 1. The molecule has 142 valence electrons. The summed E-state index contributed by atoms with van der Waals surface area (Å²) in [5.74, 6) is 1.08. The minimum atomic E-state index is 0.0140. The quantitative estimate of drug-likeness (QED) is 0.243. The molecule has 1 aliphatic carbocycles. The molecule has 1 unspecified atom stereocenters. The first-order chi connectivity index (χ1) is 11.7. The Kier molecular flexibility index (Phi) is 12.6. The number of nitrogens with two attached hydrogens (primary N) is 1. The summed E-state index contributed by atoms with van der Waals surface area (Å²) < 4.78 is 0. The summed E-state index contributed by atoms with van der Waals surface area (Å²) in [6.07, 6.45) is 27.0. The lowest BCUT2D eigenvalue weighted by Crippen LogP contribution is -2.38. The Bertz CT molecular complexity index is 292. The van der Waals surface area contributed by atoms with Gasteiger partial charge in [-0.2, -0.15) is 0 Å². The molecule has 0 bridgehead atoms. The Morgan fingerprint density at radius 2 is 1.42 bits per heavy atom. The summed E-state index contributed by atoms with van der Waals surface area (Å²) in [6, 6.07) is 0. The van der Waals surface area contributed by atoms with Crippen molar-refractivity contribution in [1.29, 1.82) is 0 Å². The summed E-state index contributed by atoms with van der Waals surface area (Å²) >= 11 is 0. The van der Waals surface area contributed by atoms with E-state index in [1.807, 2.05) is 6.08 Å². The molecule has 1 nitrogen and oxygen atoms in total. The maximum atomic E-state index is 6.40. The van der Waals surface area contributed by atoms with Crippen molar-refractivity contribution in [2.24, 2.45) is 11.7 Å². The molecule has 1 saturated carbocycles. The monoisotopic (exact) mass is 335 g/mol. The number of hydrogen-bond donors (Lipinski definition) is 1. The fourth-order valence-corrected chi connectivity index (χ4v) is 4.33. The number of rotatable bonds is 15. The van der Waals surface area contributed by atoms with E-state index in [1.165, 1.54) is 96.3 Å². The molecular weight excluding hydrogens is 290 g/mol. The van der Waals surface area contributed by atoms with Crippen molar-refractivity contribution >= 4 is 0 Å². The molecule has 0 heterocycles. The Morgan fingerprint density at radius 1 is 0.875 bits per heavy atom. The van der Waals surface area contributed by atoms with E-state index in [0.29, 0.717) is 0 Å². The van der Waals surface area contributed by atoms with Gasteiger partial charge in [-0.15, -0.1) is 6.58 Å². The lowest BCUT2D eigenvalue weighted by atomic mass is 9.85. The second kappa shape index (κ2) is 13.9. The first-order valence-corrected chi connectivity index (χ1v) is 11.1. The maximum Gasteiger partial charge on any atom is 0.0186 e. The standard InChI is InChI=1S/C23H45N/c1-3-20-23(24,4-2)21-16-11-9-7-5-6-8-10-13-17-22-18-14-12-15-19-22/h3,22H,1,4-21,24H2,2H3. The van der Waals surface area contributed by atoms with Crippen molar-refractivity contribution in [3.8, 4) is 0 Å². The molecule has 1 aliphatic rings. The molecule has 24 heavy (non-hydrogen) atoms. The topological polar surface area (TPSA) is 26.0 Å². The van der Waals surface area contributed by atoms with E-state index >= 15 is 0 Å². The van der Waals surface area contributed by atoms with E-state index in [4.69, 9.17) is 5.73 Å². The minimum Gasteiger partial charge on any atom is -0.325 e. The van der Waals surface area contributed by atoms with Crippen LogP contribution in [0.25, 0.3) is 0 Å². The fraction of sp³-hybridized carbons (Fsp3) is 0.913. The van der Waals surface area contributed by atoms with E-state index in [-0.39, 0.29) is 5.54 Å². The zero-order valence-electron chi connectivity index (χ0n) is 16.7. The van der Waals surface area contributed by atoms with E-state index in [0.717, 1.165) is 25.2 Å². The van der Waals surface area contributed by atoms with Crippen molar-refractivity contribution < 1.29 is 0 Å². The largest absolute Gasteiger partial charge is 0.325 e. The average molecular weight is 336 g/mol. The van der Waals surface area contributed by atoms with E-state index in [2.05, 4.69) is 13.5 Å². The van der Waals surface area contributed by atoms with E-state index in [1.54, 1.807) is 0 Å². The second-order valence-electron chi connectivity index (χ2n) is 8.43. The van der Waals surface area contributed by atoms with Gasteiger partial charge in [-0.25, -0.2) is 0 Å². The van der Waals surface area contributed by atoms with Gasteiger partial charge in [-0.1, -0.05) is 109 Å². The van der Waals surface area contributed by atoms with Crippen LogP contribution in [0.5, 0.6) is 0 Å². The molecule has 1 rings (SSSR count). The zero-order valence-corrected chi connectivity index (χ0v) is 16.7. The van der Waals surface area contributed by atoms with Crippen LogP contribution in [0.1, 0.15) is 122 Å². The molecule has 0 saturated heterocycles. The van der Waals surface area contributed by atoms with Gasteiger partial charge in [0.05, 0.1) is 0 Å². The van der Waals surface area contributed by atoms with Crippen LogP contribution < -0.4 is 5.73 Å². The fourth-order valence-electron chi connectivity index (χ4n) is 4.33. The molecule has 0 aromatic heterocycles. The Morgan fingerprint density at radius 3 is 1.96 bits per heavy atom. The van der Waals surface area contributed by atoms with Crippen LogP contribution in [0.15, 0.2) is 12.7 Å². The predicted molar refractivity (Wildman–Crippen MR) is 109 cm³/mol. The van der Waals surface area contributed by atoms with Crippen LogP contribution >= 0.6 is 0 Å². The van der Waals surface area contributed by atoms with Crippen molar-refractivity contribution in [2.45, 2.75) is 128 Å². The summed E-state index contributed by atoms with van der Waals surface area (Å²) in [5.41, 5.74) is 6.41. The van der Waals surface area contributed by atoms with Crippen LogP contribution in [0.3, 0.4) is 0 Å². The first kappa shape index (κ1) is 21.7. The van der Waals surface area contributed by atoms with Gasteiger partial charge in [0.15, 0.2) is 0 Å². The second-order valence-corrected chi connectivity index (χ2v) is 8.43. The molecule has 1 atom stereocenters. The van der Waals surface area contributed by atoms with Crippen LogP contribution in [-0.2, 0) is 0 Å². The molecule has 0 amide bonds. The van der Waals surface area contributed by atoms with Gasteiger partial charge in [0.25, 0.3) is 0 Å². The van der Waals surface area contributed by atoms with Crippen molar-refractivity contribution in [3.63, 3.8) is 0 Å². The molecular formula is C23H45N. The summed E-state index contributed by atoms with van der Waals surface area (Å²) in [5, 5.41) is 0. The third kappa shape index (κ3) is 10.5. The highest BCUT2D eigenvalue weighted by molar-refractivity contribution is 4.89. The molecule has 0 aliphatic heterocycles. The van der Waals surface area contributed by atoms with Gasteiger partial charge in [0, 0.05) is 5.54 Å². The van der Waals surface area contributed by atoms with Gasteiger partial charge in [0.1, 0.15) is 0 Å². The first-order valence-electron chi connectivity index (χ1n) is 11.1. The van der Waals surface area contributed by atoms with Crippen LogP contribution in [0.2, 0.25) is 0 Å². The minimum absolute atomic E-state index is 0.0140. The summed E-state index contributed by atoms with van der Waals surface area (Å²) in [4.78, 5) is 0. The molecule has 1 fully saturated rings. The van der Waals surface area contributed by atoms with Gasteiger partial charge in [-0.3, -0.25) is 0 Å². The molecule has 0 spiro atoms. The van der Waals surface area contributed by atoms with E-state index in [9.17, 15) is 0 Å². The van der Waals surface area contributed by atoms with Gasteiger partial charge < -0.3 is 5.73 Å². The SMILES string of the molecule is C=CCC(N)(CC)CCCCCCCCCCCC1CCCCC1. The number of unbranched alkanes of at least 4 members (excludes halogenated alkanes) is 8. The van der Waals surface area contributed by atoms with Crippen molar-refractivity contribution in [1.82, 2.24) is 0 Å². The van der Waals surface area contributed by atoms with Crippen molar-refractivity contribution in [2.75, 3.05) is 0 Å². The highest BCUT2D eigenvalue weighted by Crippen LogP contribution is 2.28. The van der Waals surface area contributed by atoms with Crippen LogP contribution in [0.4, 0.5) is 0 Å². The normalized spacial score (nSPS) is 18.4. The average Bonchev–Trinajstić information content (AvgIpc) is 2.61. The highest BCUT2D eigenvalue weighted by Gasteiger charge is 2.19. The van der Waals surface area contributed by atoms with Crippen LogP contribution in [0, 0.1) is 5.92 Å². The lowest BCUT2D eigenvalue weighted by molar-refractivity contribution is 0.328. The Hall–Kier alpha value is -0.300. The third-order valence-electron chi connectivity index (χ3n) is 6.27. The molecule has 0 aromatic carbocycles. The Labute approximate surface area is 152 Å². The Balaban J connectivity index is 1.82. The third-order valence-corrected chi connectivity index (χ3v) is 6.27. The summed E-state index contributed by atoms with van der Waals surface area (Å²) in [6.45, 7) is 6.05. The van der Waals surface area contributed by atoms with Gasteiger partial charge in [-0.05, 0) is 25.2 Å². The van der Waals surface area contributed by atoms with Crippen LogP contribution in [-0.4, -0.2) is 5.54 Å². The smallest absolute Gasteiger partial charge is 0.0186 e. The van der Waals surface area contributed by atoms with E-state index < -0.39 is 0 Å². The maximum absolute atomic E-state index is 6.40. The molecule has 1 heteroatoms.